The van der Waals surface area contributed by atoms with Gasteiger partial charge in [0.25, 0.3) is 0 Å². The molecule has 1 aliphatic carbocycles. The van der Waals surface area contributed by atoms with Crippen LogP contribution in [0.4, 0.5) is 9.59 Å². The van der Waals surface area contributed by atoms with Gasteiger partial charge in [0, 0.05) is 11.6 Å². The summed E-state index contributed by atoms with van der Waals surface area (Å²) in [6.07, 6.45) is -0.368. The minimum atomic E-state index is -1.48. The van der Waals surface area contributed by atoms with E-state index in [9.17, 15) is 9.59 Å². The number of carboxylic acid groups (broad SMARTS) is 1. The molecule has 0 radical (unpaired) electrons. The Kier molecular flexibility index (Phi) is 6.88. The molecule has 0 aromatic heterocycles. The first-order chi connectivity index (χ1) is 12.5. The minimum Gasteiger partial charge on any atom is -0.450 e. The summed E-state index contributed by atoms with van der Waals surface area (Å²) in [6.45, 7) is 0.0418. The molecule has 0 fully saturated rings. The monoisotopic (exact) mass is 383 g/mol. The number of halogens is 1. The first kappa shape index (κ1) is 19.6. The summed E-state index contributed by atoms with van der Waals surface area (Å²) in [5.74, 6) is -0.684. The average Bonchev–Trinajstić information content (AvgIpc) is 2.60. The number of nitrogens with one attached hydrogen (secondary N) is 1. The second-order valence-corrected chi connectivity index (χ2v) is 5.66. The van der Waals surface area contributed by atoms with Gasteiger partial charge in [-0.15, -0.1) is 0 Å². The lowest BCUT2D eigenvalue weighted by Gasteiger charge is -2.30. The van der Waals surface area contributed by atoms with E-state index in [1.54, 1.807) is 24.3 Å². The number of methoxy groups -OCH3 is 1. The molecular weight excluding hydrogens is 366 g/mol. The predicted octanol–water partition coefficient (Wildman–Crippen LogP) is 2.63. The maximum absolute atomic E-state index is 11.7. The molecule has 2 rings (SSSR count). The number of rotatable bonds is 6. The number of allylic oxidation sites excluding steroid dienone is 1. The topological polar surface area (TPSA) is 114 Å². The lowest BCUT2D eigenvalue weighted by Crippen LogP contribution is -2.32. The van der Waals surface area contributed by atoms with Gasteiger partial charge in [-0.2, -0.15) is 0 Å². The van der Waals surface area contributed by atoms with E-state index in [0.717, 1.165) is 7.11 Å². The predicted molar refractivity (Wildman–Crippen MR) is 91.8 cm³/mol. The zero-order chi connectivity index (χ0) is 19.1. The van der Waals surface area contributed by atoms with Crippen LogP contribution < -0.4 is 5.32 Å². The van der Waals surface area contributed by atoms with Crippen LogP contribution in [-0.4, -0.2) is 48.9 Å². The Morgan fingerprint density at radius 2 is 2.12 bits per heavy atom. The highest BCUT2D eigenvalue weighted by Crippen LogP contribution is 2.37. The van der Waals surface area contributed by atoms with Crippen LogP contribution >= 0.6 is 11.6 Å². The third-order valence-electron chi connectivity index (χ3n) is 3.56. The normalized spacial score (nSPS) is 19.0. The average molecular weight is 384 g/mol. The first-order valence-electron chi connectivity index (χ1n) is 7.64. The van der Waals surface area contributed by atoms with Gasteiger partial charge in [0.1, 0.15) is 11.9 Å². The standard InChI is InChI=1S/C17H18ClNO7/c1-24-17(23)26-15-12(19-7-8-20)5-6-13(25-16(21)22)14(15)10-3-2-4-11(18)9-10/h2-6,9,13-14,19-20H,7-8H2,1H3,(H,21,22). The van der Waals surface area contributed by atoms with Gasteiger partial charge in [-0.05, 0) is 29.8 Å². The quantitative estimate of drug-likeness (QED) is 0.642. The van der Waals surface area contributed by atoms with Crippen molar-refractivity contribution in [1.29, 1.82) is 0 Å². The Labute approximate surface area is 154 Å². The van der Waals surface area contributed by atoms with Gasteiger partial charge in [0.15, 0.2) is 0 Å². The molecule has 1 aromatic rings. The van der Waals surface area contributed by atoms with Crippen molar-refractivity contribution >= 4 is 23.9 Å². The van der Waals surface area contributed by atoms with Crippen molar-refractivity contribution in [3.05, 3.63) is 58.5 Å². The van der Waals surface area contributed by atoms with Crippen LogP contribution in [-0.2, 0) is 14.2 Å². The number of hydrogen-bond acceptors (Lipinski definition) is 7. The summed E-state index contributed by atoms with van der Waals surface area (Å²) in [4.78, 5) is 22.8. The van der Waals surface area contributed by atoms with Gasteiger partial charge < -0.3 is 29.7 Å². The number of ether oxygens (including phenoxy) is 3. The number of aliphatic hydroxyl groups is 1. The summed E-state index contributed by atoms with van der Waals surface area (Å²) < 4.78 is 14.8. The summed E-state index contributed by atoms with van der Waals surface area (Å²) in [7, 11) is 1.15. The van der Waals surface area contributed by atoms with Crippen LogP contribution in [0.15, 0.2) is 47.9 Å². The van der Waals surface area contributed by atoms with E-state index in [0.29, 0.717) is 16.3 Å². The van der Waals surface area contributed by atoms with Crippen molar-refractivity contribution in [2.24, 2.45) is 0 Å². The summed E-state index contributed by atoms with van der Waals surface area (Å²) in [5.41, 5.74) is 0.968. The first-order valence-corrected chi connectivity index (χ1v) is 8.02. The van der Waals surface area contributed by atoms with Crippen LogP contribution in [0.25, 0.3) is 0 Å². The summed E-state index contributed by atoms with van der Waals surface area (Å²) in [6, 6.07) is 6.67. The van der Waals surface area contributed by atoms with E-state index in [-0.39, 0.29) is 18.9 Å². The smallest absolute Gasteiger partial charge is 0.450 e. The lowest BCUT2D eigenvalue weighted by atomic mass is 9.87. The largest absolute Gasteiger partial charge is 0.513 e. The SMILES string of the molecule is COC(=O)OC1=C(NCCO)C=CC(OC(=O)O)C1c1cccc(Cl)c1. The molecule has 26 heavy (non-hydrogen) atoms. The number of carbonyl (C=O) groups excluding carboxylic acids is 1. The molecule has 2 atom stereocenters. The molecule has 0 heterocycles. The number of hydrogen-bond donors (Lipinski definition) is 3. The van der Waals surface area contributed by atoms with Crippen LogP contribution in [0.5, 0.6) is 0 Å². The second-order valence-electron chi connectivity index (χ2n) is 5.22. The van der Waals surface area contributed by atoms with Crippen LogP contribution in [0.2, 0.25) is 5.02 Å². The molecule has 140 valence electrons. The molecule has 1 aromatic carbocycles. The molecule has 1 aliphatic rings. The molecule has 3 N–H and O–H groups in total. The summed E-state index contributed by atoms with van der Waals surface area (Å²) >= 11 is 6.05. The Balaban J connectivity index is 2.52. The highest BCUT2D eigenvalue weighted by atomic mass is 35.5. The fourth-order valence-corrected chi connectivity index (χ4v) is 2.75. The van der Waals surface area contributed by atoms with Gasteiger partial charge in [0.05, 0.1) is 25.3 Å². The molecule has 0 amide bonds. The van der Waals surface area contributed by atoms with E-state index >= 15 is 0 Å². The zero-order valence-corrected chi connectivity index (χ0v) is 14.6. The molecule has 9 heteroatoms. The third kappa shape index (κ3) is 4.90. The van der Waals surface area contributed by atoms with Crippen LogP contribution in [0.1, 0.15) is 11.5 Å². The maximum Gasteiger partial charge on any atom is 0.513 e. The van der Waals surface area contributed by atoms with Crippen molar-refractivity contribution in [1.82, 2.24) is 5.32 Å². The molecule has 0 spiro atoms. The van der Waals surface area contributed by atoms with E-state index in [4.69, 9.17) is 31.3 Å². The molecule has 8 nitrogen and oxygen atoms in total. The van der Waals surface area contributed by atoms with Gasteiger partial charge in [-0.1, -0.05) is 23.7 Å². The van der Waals surface area contributed by atoms with Gasteiger partial charge >= 0.3 is 12.3 Å². The van der Waals surface area contributed by atoms with Gasteiger partial charge in [-0.3, -0.25) is 0 Å². The van der Waals surface area contributed by atoms with Crippen LogP contribution in [0, 0.1) is 0 Å². The fraction of sp³-hybridized carbons (Fsp3) is 0.294. The van der Waals surface area contributed by atoms with Gasteiger partial charge in [-0.25, -0.2) is 9.59 Å². The van der Waals surface area contributed by atoms with E-state index < -0.39 is 24.3 Å². The van der Waals surface area contributed by atoms with E-state index in [2.05, 4.69) is 10.1 Å². The Morgan fingerprint density at radius 3 is 2.73 bits per heavy atom. The second kappa shape index (κ2) is 9.12. The number of aliphatic hydroxyl groups excluding tert-OH is 1. The fourth-order valence-electron chi connectivity index (χ4n) is 2.55. The summed E-state index contributed by atoms with van der Waals surface area (Å²) in [5, 5.41) is 21.4. The van der Waals surface area contributed by atoms with Crippen LogP contribution in [0.3, 0.4) is 0 Å². The molecule has 0 bridgehead atoms. The molecular formula is C17H18ClNO7. The van der Waals surface area contributed by atoms with Gasteiger partial charge in [0.2, 0.25) is 0 Å². The molecule has 0 saturated heterocycles. The van der Waals surface area contributed by atoms with Crippen molar-refractivity contribution in [2.45, 2.75) is 12.0 Å². The molecule has 0 saturated carbocycles. The molecule has 0 aliphatic heterocycles. The Bertz CT molecular complexity index is 732. The highest BCUT2D eigenvalue weighted by molar-refractivity contribution is 6.30. The van der Waals surface area contributed by atoms with E-state index in [1.807, 2.05) is 0 Å². The van der Waals surface area contributed by atoms with Crippen molar-refractivity contribution in [3.63, 3.8) is 0 Å². The van der Waals surface area contributed by atoms with Crippen molar-refractivity contribution in [3.8, 4) is 0 Å². The Morgan fingerprint density at radius 1 is 1.35 bits per heavy atom. The highest BCUT2D eigenvalue weighted by Gasteiger charge is 2.36. The number of benzene rings is 1. The van der Waals surface area contributed by atoms with Crippen molar-refractivity contribution < 1.29 is 34.0 Å². The molecule has 2 unspecified atom stereocenters. The van der Waals surface area contributed by atoms with E-state index in [1.165, 1.54) is 12.2 Å². The van der Waals surface area contributed by atoms with Crippen molar-refractivity contribution in [2.75, 3.05) is 20.3 Å². The lowest BCUT2D eigenvalue weighted by molar-refractivity contribution is 0.0485. The number of carbonyl (C=O) groups is 2. The minimum absolute atomic E-state index is 0.0984. The zero-order valence-electron chi connectivity index (χ0n) is 13.8. The maximum atomic E-state index is 11.7. The Hall–Kier alpha value is -2.71. The third-order valence-corrected chi connectivity index (χ3v) is 3.80.